The fraction of sp³-hybridized carbons (Fsp3) is 0.133. The number of nitrogens with zero attached hydrogens (tertiary/aromatic N) is 3. The van der Waals surface area contributed by atoms with Crippen LogP contribution >= 0.6 is 11.8 Å². The third-order valence-electron chi connectivity index (χ3n) is 2.82. The molecule has 0 amide bonds. The number of halogens is 1. The maximum Gasteiger partial charge on any atom is 0.223 e. The number of ether oxygens (including phenoxy) is 1. The number of aryl methyl sites for hydroxylation is 1. The number of nitrogens with one attached hydrogen (secondary N) is 1. The molecule has 3 aromatic rings. The molecule has 2 heterocycles. The lowest BCUT2D eigenvalue weighted by atomic mass is 10.3. The summed E-state index contributed by atoms with van der Waals surface area (Å²) in [6.07, 6.45) is 4.29. The average molecular weight is 316 g/mol. The normalized spacial score (nSPS) is 10.6. The third kappa shape index (κ3) is 3.62. The molecule has 0 unspecified atom stereocenters. The van der Waals surface area contributed by atoms with Gasteiger partial charge >= 0.3 is 0 Å². The predicted octanol–water partition coefficient (Wildman–Crippen LogP) is 3.84. The zero-order chi connectivity index (χ0) is 15.4. The van der Waals surface area contributed by atoms with Crippen molar-refractivity contribution in [2.45, 2.75) is 23.7 Å². The monoisotopic (exact) mass is 316 g/mol. The lowest BCUT2D eigenvalue weighted by molar-refractivity contribution is 0.454. The predicted molar refractivity (Wildman–Crippen MR) is 80.6 cm³/mol. The summed E-state index contributed by atoms with van der Waals surface area (Å²) < 4.78 is 18.4. The molecule has 0 aliphatic heterocycles. The second kappa shape index (κ2) is 6.57. The van der Waals surface area contributed by atoms with E-state index in [4.69, 9.17) is 4.74 Å². The van der Waals surface area contributed by atoms with E-state index in [1.165, 1.54) is 23.9 Å². The van der Waals surface area contributed by atoms with Gasteiger partial charge in [-0.1, -0.05) is 6.92 Å². The van der Waals surface area contributed by atoms with Crippen LogP contribution in [0.4, 0.5) is 4.39 Å². The molecular weight excluding hydrogens is 303 g/mol. The fourth-order valence-corrected chi connectivity index (χ4v) is 2.42. The molecular formula is C15H13FN4OS. The van der Waals surface area contributed by atoms with Crippen molar-refractivity contribution in [3.8, 4) is 11.6 Å². The molecule has 0 saturated carbocycles. The molecule has 112 valence electrons. The van der Waals surface area contributed by atoms with Crippen LogP contribution in [0.5, 0.6) is 11.6 Å². The average Bonchev–Trinajstić information content (AvgIpc) is 2.98. The molecule has 0 saturated heterocycles. The summed E-state index contributed by atoms with van der Waals surface area (Å²) in [5.41, 5.74) is 1.06. The highest BCUT2D eigenvalue weighted by molar-refractivity contribution is 7.99. The Bertz CT molecular complexity index is 760. The minimum Gasteiger partial charge on any atom is -0.439 e. The Morgan fingerprint density at radius 3 is 2.73 bits per heavy atom. The van der Waals surface area contributed by atoms with Crippen LogP contribution in [-0.4, -0.2) is 19.9 Å². The number of rotatable bonds is 5. The van der Waals surface area contributed by atoms with Gasteiger partial charge in [0.05, 0.1) is 0 Å². The molecule has 0 fully saturated rings. The van der Waals surface area contributed by atoms with Crippen molar-refractivity contribution in [1.82, 2.24) is 19.9 Å². The summed E-state index contributed by atoms with van der Waals surface area (Å²) in [5.74, 6) is 0.601. The minimum atomic E-state index is -0.309. The molecule has 0 atom stereocenters. The Hall–Kier alpha value is -2.41. The third-order valence-corrected chi connectivity index (χ3v) is 3.60. The molecule has 0 aliphatic rings. The quantitative estimate of drug-likeness (QED) is 0.724. The molecule has 0 bridgehead atoms. The Kier molecular flexibility index (Phi) is 4.34. The Labute approximate surface area is 131 Å². The molecule has 3 rings (SSSR count). The van der Waals surface area contributed by atoms with E-state index >= 15 is 0 Å². The first-order valence-electron chi connectivity index (χ1n) is 6.71. The largest absolute Gasteiger partial charge is 0.439 e. The van der Waals surface area contributed by atoms with Gasteiger partial charge in [-0.3, -0.25) is 0 Å². The number of aromatic amines is 1. The smallest absolute Gasteiger partial charge is 0.223 e. The van der Waals surface area contributed by atoms with E-state index in [9.17, 15) is 4.39 Å². The SMILES string of the molecule is CCc1cnc(Sc2nccc(Oc3ccc(F)cc3)n2)[nH]1. The van der Waals surface area contributed by atoms with Gasteiger partial charge in [0, 0.05) is 24.2 Å². The van der Waals surface area contributed by atoms with E-state index < -0.39 is 0 Å². The van der Waals surface area contributed by atoms with Crippen LogP contribution in [-0.2, 0) is 6.42 Å². The summed E-state index contributed by atoms with van der Waals surface area (Å²) in [4.78, 5) is 15.9. The topological polar surface area (TPSA) is 63.7 Å². The van der Waals surface area contributed by atoms with Crippen LogP contribution in [0, 0.1) is 5.82 Å². The van der Waals surface area contributed by atoms with Crippen LogP contribution in [0.25, 0.3) is 0 Å². The van der Waals surface area contributed by atoms with Gasteiger partial charge in [0.15, 0.2) is 10.3 Å². The lowest BCUT2D eigenvalue weighted by Crippen LogP contribution is -1.92. The molecule has 0 spiro atoms. The van der Waals surface area contributed by atoms with Gasteiger partial charge in [-0.15, -0.1) is 0 Å². The van der Waals surface area contributed by atoms with Gasteiger partial charge in [-0.05, 0) is 42.4 Å². The van der Waals surface area contributed by atoms with Crippen molar-refractivity contribution in [3.63, 3.8) is 0 Å². The number of imidazole rings is 1. The molecule has 2 aromatic heterocycles. The second-order valence-corrected chi connectivity index (χ2v) is 5.36. The van der Waals surface area contributed by atoms with E-state index in [-0.39, 0.29) is 5.82 Å². The Balaban J connectivity index is 1.73. The summed E-state index contributed by atoms with van der Waals surface area (Å²) in [6, 6.07) is 7.41. The summed E-state index contributed by atoms with van der Waals surface area (Å²) >= 11 is 1.32. The maximum absolute atomic E-state index is 12.9. The van der Waals surface area contributed by atoms with Crippen LogP contribution in [0.1, 0.15) is 12.6 Å². The van der Waals surface area contributed by atoms with Gasteiger partial charge in [-0.2, -0.15) is 4.98 Å². The van der Waals surface area contributed by atoms with Gasteiger partial charge in [0.2, 0.25) is 5.88 Å². The summed E-state index contributed by atoms with van der Waals surface area (Å²) in [7, 11) is 0. The van der Waals surface area contributed by atoms with Crippen molar-refractivity contribution in [2.75, 3.05) is 0 Å². The number of aromatic nitrogens is 4. The van der Waals surface area contributed by atoms with Gasteiger partial charge in [0.1, 0.15) is 11.6 Å². The number of hydrogen-bond donors (Lipinski definition) is 1. The highest BCUT2D eigenvalue weighted by atomic mass is 32.2. The highest BCUT2D eigenvalue weighted by Crippen LogP contribution is 2.25. The van der Waals surface area contributed by atoms with Crippen molar-refractivity contribution in [3.05, 3.63) is 54.2 Å². The maximum atomic E-state index is 12.9. The number of H-pyrrole nitrogens is 1. The fourth-order valence-electron chi connectivity index (χ4n) is 1.71. The Morgan fingerprint density at radius 1 is 1.18 bits per heavy atom. The van der Waals surface area contributed by atoms with E-state index in [2.05, 4.69) is 26.9 Å². The molecule has 0 aliphatic carbocycles. The van der Waals surface area contributed by atoms with E-state index in [0.717, 1.165) is 17.3 Å². The highest BCUT2D eigenvalue weighted by Gasteiger charge is 2.07. The molecule has 7 heteroatoms. The molecule has 22 heavy (non-hydrogen) atoms. The molecule has 1 N–H and O–H groups in total. The van der Waals surface area contributed by atoms with Crippen molar-refractivity contribution in [2.24, 2.45) is 0 Å². The van der Waals surface area contributed by atoms with E-state index in [1.807, 2.05) is 0 Å². The second-order valence-electron chi connectivity index (χ2n) is 4.40. The summed E-state index contributed by atoms with van der Waals surface area (Å²) in [6.45, 7) is 2.05. The molecule has 5 nitrogen and oxygen atoms in total. The van der Waals surface area contributed by atoms with Crippen molar-refractivity contribution < 1.29 is 9.13 Å². The van der Waals surface area contributed by atoms with E-state index in [0.29, 0.717) is 16.8 Å². The minimum absolute atomic E-state index is 0.309. The number of benzene rings is 1. The first-order chi connectivity index (χ1) is 10.7. The molecule has 1 aromatic carbocycles. The van der Waals surface area contributed by atoms with Crippen LogP contribution in [0.2, 0.25) is 0 Å². The van der Waals surface area contributed by atoms with Crippen molar-refractivity contribution >= 4 is 11.8 Å². The number of hydrogen-bond acceptors (Lipinski definition) is 5. The zero-order valence-electron chi connectivity index (χ0n) is 11.8. The first kappa shape index (κ1) is 14.5. The first-order valence-corrected chi connectivity index (χ1v) is 7.53. The standard InChI is InChI=1S/C15H13FN4OS/c1-2-11-9-18-15(19-11)22-14-17-8-7-13(20-14)21-12-5-3-10(16)4-6-12/h3-9H,2H2,1H3,(H,18,19). The Morgan fingerprint density at radius 2 is 2.00 bits per heavy atom. The van der Waals surface area contributed by atoms with Gasteiger partial charge < -0.3 is 9.72 Å². The van der Waals surface area contributed by atoms with Crippen molar-refractivity contribution in [1.29, 1.82) is 0 Å². The lowest BCUT2D eigenvalue weighted by Gasteiger charge is -2.05. The van der Waals surface area contributed by atoms with Gasteiger partial charge in [0.25, 0.3) is 0 Å². The van der Waals surface area contributed by atoms with Crippen LogP contribution < -0.4 is 4.74 Å². The van der Waals surface area contributed by atoms with E-state index in [1.54, 1.807) is 30.6 Å². The zero-order valence-corrected chi connectivity index (χ0v) is 12.6. The van der Waals surface area contributed by atoms with Gasteiger partial charge in [-0.25, -0.2) is 14.4 Å². The van der Waals surface area contributed by atoms with Crippen LogP contribution in [0.3, 0.4) is 0 Å². The molecule has 0 radical (unpaired) electrons. The van der Waals surface area contributed by atoms with Crippen LogP contribution in [0.15, 0.2) is 53.0 Å². The summed E-state index contributed by atoms with van der Waals surface area (Å²) in [5, 5.41) is 1.26.